The molecule has 1 saturated carbocycles. The first-order valence-electron chi connectivity index (χ1n) is 10.2. The fourth-order valence-corrected chi connectivity index (χ4v) is 4.39. The van der Waals surface area contributed by atoms with Gasteiger partial charge < -0.3 is 15.0 Å². The number of carbonyl (C=O) groups excluding carboxylic acids is 2. The minimum atomic E-state index is -0.262. The lowest BCUT2D eigenvalue weighted by atomic mass is 9.82. The monoisotopic (exact) mass is 424 g/mol. The van der Waals surface area contributed by atoms with Crippen LogP contribution in [-0.4, -0.2) is 35.9 Å². The molecule has 1 saturated heterocycles. The van der Waals surface area contributed by atoms with Crippen molar-refractivity contribution in [1.29, 1.82) is 0 Å². The van der Waals surface area contributed by atoms with E-state index in [4.69, 9.17) is 16.3 Å². The van der Waals surface area contributed by atoms with Crippen LogP contribution in [-0.2, 0) is 20.9 Å². The average Bonchev–Trinajstić information content (AvgIpc) is 2.75. The van der Waals surface area contributed by atoms with Gasteiger partial charge in [0.05, 0.1) is 6.04 Å². The Kier molecular flexibility index (Phi) is 6.09. The van der Waals surface area contributed by atoms with Crippen LogP contribution in [0, 0.1) is 5.92 Å². The summed E-state index contributed by atoms with van der Waals surface area (Å²) in [6, 6.07) is 17.1. The summed E-state index contributed by atoms with van der Waals surface area (Å²) in [6.45, 7) is 0.581. The van der Waals surface area contributed by atoms with E-state index in [9.17, 15) is 9.59 Å². The molecule has 0 bridgehead atoms. The highest BCUT2D eigenvalue weighted by molar-refractivity contribution is 6.32. The van der Waals surface area contributed by atoms with E-state index in [1.165, 1.54) is 0 Å². The maximum atomic E-state index is 12.9. The number of amides is 2. The SMILES string of the molecule is CN(Cc1ccccc1)C(=O)C1CCC2O/C(=C\c3ccccc3Cl)C(=O)NC2C1. The molecule has 2 amide bonds. The van der Waals surface area contributed by atoms with Crippen LogP contribution >= 0.6 is 11.6 Å². The molecular formula is C24H25ClN2O3. The number of fused-ring (bicyclic) bond motifs is 1. The second-order valence-corrected chi connectivity index (χ2v) is 8.36. The first-order chi connectivity index (χ1) is 14.5. The Hall–Kier alpha value is -2.79. The number of morpholine rings is 1. The number of rotatable bonds is 4. The fraction of sp³-hybridized carbons (Fsp3) is 0.333. The number of nitrogens with zero attached hydrogens (tertiary/aromatic N) is 1. The lowest BCUT2D eigenvalue weighted by Gasteiger charge is -2.40. The molecule has 2 aromatic carbocycles. The predicted octanol–water partition coefficient (Wildman–Crippen LogP) is 4.02. The lowest BCUT2D eigenvalue weighted by Crippen LogP contribution is -2.54. The molecule has 0 radical (unpaired) electrons. The van der Waals surface area contributed by atoms with Crippen molar-refractivity contribution in [3.63, 3.8) is 0 Å². The minimum absolute atomic E-state index is 0.113. The summed E-state index contributed by atoms with van der Waals surface area (Å²) in [5, 5.41) is 3.60. The van der Waals surface area contributed by atoms with Crippen LogP contribution in [0.3, 0.4) is 0 Å². The number of hydrogen-bond acceptors (Lipinski definition) is 3. The van der Waals surface area contributed by atoms with Crippen molar-refractivity contribution in [2.24, 2.45) is 5.92 Å². The summed E-state index contributed by atoms with van der Waals surface area (Å²) in [5.74, 6) is 0.0131. The van der Waals surface area contributed by atoms with Crippen molar-refractivity contribution in [3.05, 3.63) is 76.5 Å². The molecule has 0 spiro atoms. The highest BCUT2D eigenvalue weighted by Gasteiger charge is 2.41. The molecule has 156 valence electrons. The molecule has 2 aromatic rings. The van der Waals surface area contributed by atoms with Gasteiger partial charge in [0, 0.05) is 24.5 Å². The van der Waals surface area contributed by atoms with E-state index in [-0.39, 0.29) is 35.6 Å². The standard InChI is InChI=1S/C24H25ClN2O3/c1-27(15-16-7-3-2-4-8-16)24(29)18-11-12-21-20(13-18)26-23(28)22(30-21)14-17-9-5-6-10-19(17)25/h2-10,14,18,20-21H,11-13,15H2,1H3,(H,26,28)/b22-14-. The zero-order chi connectivity index (χ0) is 21.1. The smallest absolute Gasteiger partial charge is 0.286 e. The molecule has 1 heterocycles. The van der Waals surface area contributed by atoms with Crippen LogP contribution < -0.4 is 5.32 Å². The molecule has 30 heavy (non-hydrogen) atoms. The van der Waals surface area contributed by atoms with E-state index in [1.807, 2.05) is 55.6 Å². The third-order valence-corrected chi connectivity index (χ3v) is 6.13. The number of benzene rings is 2. The van der Waals surface area contributed by atoms with Crippen molar-refractivity contribution in [2.45, 2.75) is 38.0 Å². The van der Waals surface area contributed by atoms with Gasteiger partial charge in [0.2, 0.25) is 5.91 Å². The molecule has 5 nitrogen and oxygen atoms in total. The average molecular weight is 425 g/mol. The third-order valence-electron chi connectivity index (χ3n) is 5.79. The molecule has 1 N–H and O–H groups in total. The van der Waals surface area contributed by atoms with Crippen LogP contribution in [0.5, 0.6) is 0 Å². The molecule has 2 aliphatic rings. The predicted molar refractivity (Wildman–Crippen MR) is 116 cm³/mol. The Morgan fingerprint density at radius 2 is 1.90 bits per heavy atom. The van der Waals surface area contributed by atoms with Crippen molar-refractivity contribution in [3.8, 4) is 0 Å². The topological polar surface area (TPSA) is 58.6 Å². The van der Waals surface area contributed by atoms with Gasteiger partial charge in [-0.1, -0.05) is 60.1 Å². The first-order valence-corrected chi connectivity index (χ1v) is 10.6. The molecule has 1 aliphatic carbocycles. The number of halogens is 1. The quantitative estimate of drug-likeness (QED) is 0.754. The van der Waals surface area contributed by atoms with E-state index in [0.29, 0.717) is 18.0 Å². The summed E-state index contributed by atoms with van der Waals surface area (Å²) in [6.07, 6.45) is 3.61. The van der Waals surface area contributed by atoms with E-state index in [0.717, 1.165) is 24.0 Å². The number of hydrogen-bond donors (Lipinski definition) is 1. The van der Waals surface area contributed by atoms with Crippen LogP contribution in [0.1, 0.15) is 30.4 Å². The molecule has 3 unspecified atom stereocenters. The van der Waals surface area contributed by atoms with Crippen molar-refractivity contribution >= 4 is 29.5 Å². The molecule has 0 aromatic heterocycles. The van der Waals surface area contributed by atoms with Crippen LogP contribution in [0.25, 0.3) is 6.08 Å². The van der Waals surface area contributed by atoms with Gasteiger partial charge in [0.25, 0.3) is 5.91 Å². The number of nitrogens with one attached hydrogen (secondary N) is 1. The summed E-state index contributed by atoms with van der Waals surface area (Å²) in [7, 11) is 1.84. The van der Waals surface area contributed by atoms with Gasteiger partial charge in [-0.2, -0.15) is 0 Å². The van der Waals surface area contributed by atoms with E-state index < -0.39 is 0 Å². The van der Waals surface area contributed by atoms with Gasteiger partial charge in [-0.15, -0.1) is 0 Å². The maximum Gasteiger partial charge on any atom is 0.286 e. The second-order valence-electron chi connectivity index (χ2n) is 7.96. The summed E-state index contributed by atoms with van der Waals surface area (Å²) < 4.78 is 6.01. The zero-order valence-corrected chi connectivity index (χ0v) is 17.6. The second kappa shape index (κ2) is 8.92. The lowest BCUT2D eigenvalue weighted by molar-refractivity contribution is -0.140. The largest absolute Gasteiger partial charge is 0.483 e. The molecule has 4 rings (SSSR count). The van der Waals surface area contributed by atoms with E-state index in [1.54, 1.807) is 17.0 Å². The highest BCUT2D eigenvalue weighted by Crippen LogP contribution is 2.33. The van der Waals surface area contributed by atoms with Crippen LogP contribution in [0.2, 0.25) is 5.02 Å². The fourth-order valence-electron chi connectivity index (χ4n) is 4.20. The summed E-state index contributed by atoms with van der Waals surface area (Å²) >= 11 is 6.20. The Labute approximate surface area is 181 Å². The Morgan fingerprint density at radius 1 is 1.17 bits per heavy atom. The minimum Gasteiger partial charge on any atom is -0.483 e. The third kappa shape index (κ3) is 4.51. The summed E-state index contributed by atoms with van der Waals surface area (Å²) in [5.41, 5.74) is 1.85. The van der Waals surface area contributed by atoms with Crippen molar-refractivity contribution < 1.29 is 14.3 Å². The molecule has 2 fully saturated rings. The number of ether oxygens (including phenoxy) is 1. The van der Waals surface area contributed by atoms with E-state index in [2.05, 4.69) is 5.32 Å². The zero-order valence-electron chi connectivity index (χ0n) is 16.9. The Balaban J connectivity index is 1.39. The van der Waals surface area contributed by atoms with Crippen molar-refractivity contribution in [2.75, 3.05) is 7.05 Å². The van der Waals surface area contributed by atoms with Gasteiger partial charge in [0.15, 0.2) is 5.76 Å². The van der Waals surface area contributed by atoms with Crippen LogP contribution in [0.15, 0.2) is 60.4 Å². The Morgan fingerprint density at radius 3 is 2.67 bits per heavy atom. The molecule has 6 heteroatoms. The Bertz CT molecular complexity index is 960. The first kappa shape index (κ1) is 20.5. The van der Waals surface area contributed by atoms with Gasteiger partial charge in [-0.05, 0) is 42.5 Å². The van der Waals surface area contributed by atoms with Gasteiger partial charge in [0.1, 0.15) is 6.10 Å². The number of carbonyl (C=O) groups is 2. The van der Waals surface area contributed by atoms with Gasteiger partial charge >= 0.3 is 0 Å². The van der Waals surface area contributed by atoms with Crippen molar-refractivity contribution in [1.82, 2.24) is 10.2 Å². The van der Waals surface area contributed by atoms with Gasteiger partial charge in [-0.25, -0.2) is 0 Å². The maximum absolute atomic E-state index is 12.9. The van der Waals surface area contributed by atoms with Gasteiger partial charge in [-0.3, -0.25) is 9.59 Å². The normalized spacial score (nSPS) is 24.5. The molecule has 1 aliphatic heterocycles. The van der Waals surface area contributed by atoms with Crippen LogP contribution in [0.4, 0.5) is 0 Å². The molecular weight excluding hydrogens is 400 g/mol. The van der Waals surface area contributed by atoms with E-state index >= 15 is 0 Å². The summed E-state index contributed by atoms with van der Waals surface area (Å²) in [4.78, 5) is 27.3. The molecule has 3 atom stereocenters. The highest BCUT2D eigenvalue weighted by atomic mass is 35.5.